The van der Waals surface area contributed by atoms with Crippen LogP contribution in [0.2, 0.25) is 0 Å². The Bertz CT molecular complexity index is 1170. The number of nitrogens with one attached hydrogen (secondary N) is 1. The molecule has 1 aliphatic heterocycles. The number of Topliss-reactive ketones (excluding diaryl/α,β-unsaturated/α-hetero) is 2. The van der Waals surface area contributed by atoms with Gasteiger partial charge in [0.2, 0.25) is 5.91 Å². The van der Waals surface area contributed by atoms with Gasteiger partial charge in [-0.15, -0.1) is 0 Å². The van der Waals surface area contributed by atoms with E-state index in [1.807, 2.05) is 24.3 Å². The smallest absolute Gasteiger partial charge is 0.236 e. The maximum absolute atomic E-state index is 13.5. The largest absolute Gasteiger partial charge is 0.497 e. The third-order valence-corrected chi connectivity index (χ3v) is 6.20. The lowest BCUT2D eigenvalue weighted by molar-refractivity contribution is -0.118. The molecule has 5 nitrogen and oxygen atoms in total. The number of rotatable bonds is 5. The Kier molecular flexibility index (Phi) is 4.07. The van der Waals surface area contributed by atoms with Crippen LogP contribution in [-0.4, -0.2) is 24.6 Å². The lowest BCUT2D eigenvalue weighted by atomic mass is 9.90. The number of benzene rings is 3. The van der Waals surface area contributed by atoms with Gasteiger partial charge in [0, 0.05) is 16.8 Å². The van der Waals surface area contributed by atoms with E-state index in [2.05, 4.69) is 5.32 Å². The number of para-hydroxylation sites is 1. The first kappa shape index (κ1) is 18.3. The Hall–Kier alpha value is -3.73. The average molecular weight is 397 g/mol. The van der Waals surface area contributed by atoms with Crippen LogP contribution in [0.4, 0.5) is 5.69 Å². The van der Waals surface area contributed by atoms with Gasteiger partial charge in [0.05, 0.1) is 24.4 Å². The molecule has 5 heteroatoms. The number of methoxy groups -OCH3 is 1. The molecule has 2 aliphatic rings. The maximum atomic E-state index is 13.5. The molecule has 30 heavy (non-hydrogen) atoms. The highest BCUT2D eigenvalue weighted by molar-refractivity contribution is 6.22. The predicted molar refractivity (Wildman–Crippen MR) is 112 cm³/mol. The minimum absolute atomic E-state index is 0.186. The van der Waals surface area contributed by atoms with Crippen molar-refractivity contribution in [1.29, 1.82) is 0 Å². The molecule has 3 aromatic rings. The fourth-order valence-corrected chi connectivity index (χ4v) is 4.74. The molecule has 1 fully saturated rings. The number of ketones is 2. The van der Waals surface area contributed by atoms with Crippen molar-refractivity contribution in [3.8, 4) is 5.75 Å². The Morgan fingerprint density at radius 2 is 1.37 bits per heavy atom. The summed E-state index contributed by atoms with van der Waals surface area (Å²) in [5.41, 5.74) is 1.18. The Morgan fingerprint density at radius 1 is 0.800 bits per heavy atom. The first-order chi connectivity index (χ1) is 14.6. The van der Waals surface area contributed by atoms with E-state index in [1.165, 1.54) is 0 Å². The second-order valence-electron chi connectivity index (χ2n) is 7.65. The van der Waals surface area contributed by atoms with Gasteiger partial charge in [-0.2, -0.15) is 0 Å². The molecule has 5 rings (SSSR count). The molecule has 3 atom stereocenters. The topological polar surface area (TPSA) is 72.5 Å². The third-order valence-electron chi connectivity index (χ3n) is 6.20. The molecule has 148 valence electrons. The van der Waals surface area contributed by atoms with Crippen LogP contribution in [0, 0.1) is 11.8 Å². The van der Waals surface area contributed by atoms with Crippen molar-refractivity contribution in [2.24, 2.45) is 11.8 Å². The molecule has 0 aromatic heterocycles. The summed E-state index contributed by atoms with van der Waals surface area (Å²) in [6.45, 7) is 0. The van der Waals surface area contributed by atoms with Gasteiger partial charge < -0.3 is 10.1 Å². The van der Waals surface area contributed by atoms with Gasteiger partial charge in [0.1, 0.15) is 5.75 Å². The summed E-state index contributed by atoms with van der Waals surface area (Å²) in [6, 6.07) is 22.9. The van der Waals surface area contributed by atoms with Crippen LogP contribution in [0.25, 0.3) is 0 Å². The lowest BCUT2D eigenvalue weighted by Crippen LogP contribution is -2.26. The molecule has 1 saturated carbocycles. The number of ether oxygens (including phenoxy) is 1. The van der Waals surface area contributed by atoms with Crippen molar-refractivity contribution >= 4 is 23.2 Å². The van der Waals surface area contributed by atoms with Gasteiger partial charge in [0.15, 0.2) is 11.6 Å². The monoisotopic (exact) mass is 397 g/mol. The van der Waals surface area contributed by atoms with Gasteiger partial charge in [-0.25, -0.2) is 0 Å². The Labute approximate surface area is 173 Å². The summed E-state index contributed by atoms with van der Waals surface area (Å²) in [4.78, 5) is 40.1. The highest BCUT2D eigenvalue weighted by Gasteiger charge is 2.78. The van der Waals surface area contributed by atoms with Gasteiger partial charge in [-0.05, 0) is 35.9 Å². The lowest BCUT2D eigenvalue weighted by Gasteiger charge is -2.09. The fourth-order valence-electron chi connectivity index (χ4n) is 4.74. The molecule has 1 amide bonds. The highest BCUT2D eigenvalue weighted by atomic mass is 16.5. The van der Waals surface area contributed by atoms with Crippen LogP contribution >= 0.6 is 0 Å². The quantitative estimate of drug-likeness (QED) is 0.663. The van der Waals surface area contributed by atoms with E-state index in [4.69, 9.17) is 4.74 Å². The minimum atomic E-state index is -1.17. The summed E-state index contributed by atoms with van der Waals surface area (Å²) < 4.78 is 5.17. The van der Waals surface area contributed by atoms with E-state index < -0.39 is 17.3 Å². The van der Waals surface area contributed by atoms with Crippen molar-refractivity contribution in [1.82, 2.24) is 0 Å². The first-order valence-electron chi connectivity index (χ1n) is 9.77. The molecule has 3 aromatic carbocycles. The van der Waals surface area contributed by atoms with E-state index in [1.54, 1.807) is 61.7 Å². The molecule has 1 spiro atoms. The van der Waals surface area contributed by atoms with Crippen molar-refractivity contribution in [2.75, 3.05) is 12.4 Å². The van der Waals surface area contributed by atoms with Gasteiger partial charge >= 0.3 is 0 Å². The van der Waals surface area contributed by atoms with Gasteiger partial charge in [-0.1, -0.05) is 48.5 Å². The number of anilines is 1. The second kappa shape index (κ2) is 6.66. The van der Waals surface area contributed by atoms with Crippen LogP contribution in [0.15, 0.2) is 78.9 Å². The summed E-state index contributed by atoms with van der Waals surface area (Å²) in [5.74, 6) is -1.53. The van der Waals surface area contributed by atoms with Gasteiger partial charge in [-0.3, -0.25) is 14.4 Å². The van der Waals surface area contributed by atoms with E-state index in [0.29, 0.717) is 22.6 Å². The predicted octanol–water partition coefficient (Wildman–Crippen LogP) is 3.90. The second-order valence-corrected chi connectivity index (χ2v) is 7.65. The van der Waals surface area contributed by atoms with Crippen LogP contribution in [0.5, 0.6) is 5.75 Å². The molecule has 0 unspecified atom stereocenters. The minimum Gasteiger partial charge on any atom is -0.497 e. The molecule has 1 N–H and O–H groups in total. The fraction of sp³-hybridized carbons (Fsp3) is 0.160. The van der Waals surface area contributed by atoms with Crippen molar-refractivity contribution in [3.05, 3.63) is 95.6 Å². The highest BCUT2D eigenvalue weighted by Crippen LogP contribution is 2.66. The van der Waals surface area contributed by atoms with Crippen molar-refractivity contribution < 1.29 is 19.1 Å². The Balaban J connectivity index is 1.61. The first-order valence-corrected chi connectivity index (χ1v) is 9.77. The van der Waals surface area contributed by atoms with Gasteiger partial charge in [0.25, 0.3) is 0 Å². The standard InChI is InChI=1S/C25H19NO4/c1-30-17-13-11-16(12-14-17)23(28)21-20(22(27)15-7-3-2-4-8-15)25(21)18-9-5-6-10-19(18)26-24(25)29/h2-14,20-21H,1H3,(H,26,29)/t20-,21-,25+/m1/s1. The molecule has 1 aliphatic carbocycles. The number of hydrogen-bond donors (Lipinski definition) is 1. The zero-order valence-electron chi connectivity index (χ0n) is 16.3. The molecular formula is C25H19NO4. The Morgan fingerprint density at radius 3 is 2.00 bits per heavy atom. The number of amides is 1. The zero-order valence-corrected chi connectivity index (χ0v) is 16.3. The number of fused-ring (bicyclic) bond motifs is 2. The van der Waals surface area contributed by atoms with E-state index in [9.17, 15) is 14.4 Å². The molecule has 1 heterocycles. The van der Waals surface area contributed by atoms with E-state index in [-0.39, 0.29) is 17.5 Å². The van der Waals surface area contributed by atoms with E-state index >= 15 is 0 Å². The van der Waals surface area contributed by atoms with E-state index in [0.717, 1.165) is 5.56 Å². The normalized spacial score (nSPS) is 23.6. The summed E-state index contributed by atoms with van der Waals surface area (Å²) in [5, 5.41) is 2.88. The molecule has 0 bridgehead atoms. The zero-order chi connectivity index (χ0) is 20.9. The molecule has 0 radical (unpaired) electrons. The van der Waals surface area contributed by atoms with Crippen LogP contribution < -0.4 is 10.1 Å². The number of carbonyl (C=O) groups excluding carboxylic acids is 3. The SMILES string of the molecule is COc1ccc(C(=O)[C@H]2[C@H](C(=O)c3ccccc3)[C@]23C(=O)Nc2ccccc23)cc1. The van der Waals surface area contributed by atoms with Crippen molar-refractivity contribution in [2.45, 2.75) is 5.41 Å². The average Bonchev–Trinajstić information content (AvgIpc) is 3.41. The summed E-state index contributed by atoms with van der Waals surface area (Å²) in [6.07, 6.45) is 0. The molecular weight excluding hydrogens is 378 g/mol. The summed E-state index contributed by atoms with van der Waals surface area (Å²) >= 11 is 0. The number of carbonyl (C=O) groups is 3. The maximum Gasteiger partial charge on any atom is 0.236 e. The van der Waals surface area contributed by atoms with Crippen LogP contribution in [-0.2, 0) is 10.2 Å². The van der Waals surface area contributed by atoms with Crippen LogP contribution in [0.3, 0.4) is 0 Å². The summed E-state index contributed by atoms with van der Waals surface area (Å²) in [7, 11) is 1.56. The van der Waals surface area contributed by atoms with Crippen LogP contribution in [0.1, 0.15) is 26.3 Å². The molecule has 0 saturated heterocycles. The van der Waals surface area contributed by atoms with Crippen molar-refractivity contribution in [3.63, 3.8) is 0 Å². The number of hydrogen-bond acceptors (Lipinski definition) is 4. The third kappa shape index (κ3) is 2.45.